The van der Waals surface area contributed by atoms with Crippen molar-refractivity contribution in [2.45, 2.75) is 13.0 Å². The van der Waals surface area contributed by atoms with Gasteiger partial charge in [-0.05, 0) is 29.8 Å². The molecule has 2 aromatic rings. The van der Waals surface area contributed by atoms with E-state index in [-0.39, 0.29) is 38.8 Å². The number of nitrogens with one attached hydrogen (secondary N) is 1. The first kappa shape index (κ1) is 19.6. The number of anilines is 1. The molecule has 2 aromatic carbocycles. The number of benzene rings is 2. The molecule has 9 heteroatoms. The van der Waals surface area contributed by atoms with E-state index < -0.39 is 18.5 Å². The van der Waals surface area contributed by atoms with Crippen molar-refractivity contribution in [1.29, 1.82) is 0 Å². The van der Waals surface area contributed by atoms with Gasteiger partial charge in [0.1, 0.15) is 5.75 Å². The zero-order valence-corrected chi connectivity index (χ0v) is 16.1. The van der Waals surface area contributed by atoms with Crippen LogP contribution in [-0.2, 0) is 25.7 Å². The zero-order chi connectivity index (χ0) is 20.9. The summed E-state index contributed by atoms with van der Waals surface area (Å²) in [5.41, 5.74) is 1.45. The molecule has 0 spiro atoms. The van der Waals surface area contributed by atoms with Crippen molar-refractivity contribution >= 4 is 23.5 Å². The molecule has 0 bridgehead atoms. The third-order valence-electron chi connectivity index (χ3n) is 4.64. The van der Waals surface area contributed by atoms with Crippen molar-refractivity contribution in [2.75, 3.05) is 31.5 Å². The van der Waals surface area contributed by atoms with Gasteiger partial charge < -0.3 is 29.2 Å². The van der Waals surface area contributed by atoms with E-state index in [1.165, 1.54) is 4.90 Å². The van der Waals surface area contributed by atoms with E-state index in [9.17, 15) is 14.4 Å². The number of para-hydroxylation sites is 2. The standard InChI is InChI=1S/C21H20N2O7/c24-19(22-10-14-5-6-17-18(9-14)30-13-29-17)11-28-21(26)7-8-23-15-3-1-2-4-16(15)27-12-20(23)25/h1-6,9H,7-8,10-13H2,(H,22,24). The molecule has 2 amide bonds. The minimum Gasteiger partial charge on any atom is -0.482 e. The van der Waals surface area contributed by atoms with Crippen LogP contribution in [0.25, 0.3) is 0 Å². The molecule has 0 radical (unpaired) electrons. The number of rotatable bonds is 7. The van der Waals surface area contributed by atoms with Gasteiger partial charge >= 0.3 is 5.97 Å². The fourth-order valence-electron chi connectivity index (χ4n) is 3.12. The smallest absolute Gasteiger partial charge is 0.308 e. The van der Waals surface area contributed by atoms with Crippen LogP contribution in [0.2, 0.25) is 0 Å². The lowest BCUT2D eigenvalue weighted by Crippen LogP contribution is -2.40. The van der Waals surface area contributed by atoms with E-state index in [0.29, 0.717) is 22.9 Å². The summed E-state index contributed by atoms with van der Waals surface area (Å²) in [6.45, 7) is 0.136. The Morgan fingerprint density at radius 2 is 1.87 bits per heavy atom. The maximum absolute atomic E-state index is 12.1. The van der Waals surface area contributed by atoms with E-state index >= 15 is 0 Å². The van der Waals surface area contributed by atoms with Gasteiger partial charge in [-0.3, -0.25) is 14.4 Å². The predicted octanol–water partition coefficient (Wildman–Crippen LogP) is 1.39. The molecule has 0 atom stereocenters. The summed E-state index contributed by atoms with van der Waals surface area (Å²) in [6.07, 6.45) is -0.0322. The second-order valence-corrected chi connectivity index (χ2v) is 6.68. The zero-order valence-electron chi connectivity index (χ0n) is 16.1. The molecule has 2 aliphatic heterocycles. The fourth-order valence-corrected chi connectivity index (χ4v) is 3.12. The lowest BCUT2D eigenvalue weighted by Gasteiger charge is -2.28. The maximum Gasteiger partial charge on any atom is 0.308 e. The summed E-state index contributed by atoms with van der Waals surface area (Å²) >= 11 is 0. The monoisotopic (exact) mass is 412 g/mol. The van der Waals surface area contributed by atoms with Gasteiger partial charge in [0.05, 0.1) is 12.1 Å². The van der Waals surface area contributed by atoms with Gasteiger partial charge in [0.15, 0.2) is 24.7 Å². The van der Waals surface area contributed by atoms with Crippen molar-refractivity contribution < 1.29 is 33.3 Å². The van der Waals surface area contributed by atoms with E-state index in [1.54, 1.807) is 30.3 Å². The van der Waals surface area contributed by atoms with E-state index in [0.717, 1.165) is 5.56 Å². The first-order valence-corrected chi connectivity index (χ1v) is 9.43. The molecule has 1 N–H and O–H groups in total. The van der Waals surface area contributed by atoms with Gasteiger partial charge in [-0.15, -0.1) is 0 Å². The molecule has 2 heterocycles. The highest BCUT2D eigenvalue weighted by Crippen LogP contribution is 2.32. The van der Waals surface area contributed by atoms with Crippen LogP contribution in [0.15, 0.2) is 42.5 Å². The lowest BCUT2D eigenvalue weighted by molar-refractivity contribution is -0.148. The summed E-state index contributed by atoms with van der Waals surface area (Å²) in [7, 11) is 0. The van der Waals surface area contributed by atoms with Crippen molar-refractivity contribution in [1.82, 2.24) is 5.32 Å². The minimum absolute atomic E-state index is 0.0322. The summed E-state index contributed by atoms with van der Waals surface area (Å²) < 4.78 is 20.9. The van der Waals surface area contributed by atoms with Crippen molar-refractivity contribution in [3.63, 3.8) is 0 Å². The van der Waals surface area contributed by atoms with Crippen LogP contribution in [0.1, 0.15) is 12.0 Å². The molecule has 0 saturated heterocycles. The molecule has 30 heavy (non-hydrogen) atoms. The molecule has 0 fully saturated rings. The molecule has 156 valence electrons. The SMILES string of the molecule is O=C(COC(=O)CCN1C(=O)COc2ccccc21)NCc1ccc2c(c1)OCO2. The second-order valence-electron chi connectivity index (χ2n) is 6.68. The Kier molecular flexibility index (Phi) is 5.69. The Morgan fingerprint density at radius 3 is 2.77 bits per heavy atom. The highest BCUT2D eigenvalue weighted by atomic mass is 16.7. The van der Waals surface area contributed by atoms with Gasteiger partial charge in [0, 0.05) is 13.1 Å². The Labute approximate surface area is 172 Å². The molecule has 0 saturated carbocycles. The van der Waals surface area contributed by atoms with Gasteiger partial charge in [0.2, 0.25) is 6.79 Å². The van der Waals surface area contributed by atoms with Crippen LogP contribution in [0.4, 0.5) is 5.69 Å². The Balaban J connectivity index is 1.20. The van der Waals surface area contributed by atoms with Gasteiger partial charge in [0.25, 0.3) is 11.8 Å². The molecule has 4 rings (SSSR count). The Bertz CT molecular complexity index is 976. The number of hydrogen-bond acceptors (Lipinski definition) is 7. The third kappa shape index (κ3) is 4.45. The number of carbonyl (C=O) groups excluding carboxylic acids is 3. The van der Waals surface area contributed by atoms with Crippen LogP contribution < -0.4 is 24.4 Å². The quantitative estimate of drug-likeness (QED) is 0.686. The summed E-state index contributed by atoms with van der Waals surface area (Å²) in [4.78, 5) is 37.5. The number of ether oxygens (including phenoxy) is 4. The fraction of sp³-hybridized carbons (Fsp3) is 0.286. The van der Waals surface area contributed by atoms with Crippen LogP contribution in [0, 0.1) is 0 Å². The molecule has 0 unspecified atom stereocenters. The van der Waals surface area contributed by atoms with E-state index in [2.05, 4.69) is 5.32 Å². The van der Waals surface area contributed by atoms with Crippen molar-refractivity contribution in [3.05, 3.63) is 48.0 Å². The number of hydrogen-bond donors (Lipinski definition) is 1. The Hall–Kier alpha value is -3.75. The van der Waals surface area contributed by atoms with Gasteiger partial charge in [-0.1, -0.05) is 18.2 Å². The summed E-state index contributed by atoms with van der Waals surface area (Å²) in [5.74, 6) is 0.669. The average Bonchev–Trinajstić information content (AvgIpc) is 3.23. The molecule has 0 aliphatic carbocycles. The van der Waals surface area contributed by atoms with Crippen LogP contribution in [0.3, 0.4) is 0 Å². The highest BCUT2D eigenvalue weighted by molar-refractivity contribution is 5.98. The maximum atomic E-state index is 12.1. The van der Waals surface area contributed by atoms with Gasteiger partial charge in [-0.2, -0.15) is 0 Å². The largest absolute Gasteiger partial charge is 0.482 e. The molecule has 9 nitrogen and oxygen atoms in total. The van der Waals surface area contributed by atoms with Crippen LogP contribution in [-0.4, -0.2) is 44.3 Å². The second kappa shape index (κ2) is 8.73. The Morgan fingerprint density at radius 1 is 1.03 bits per heavy atom. The molecule has 2 aliphatic rings. The molecule has 0 aromatic heterocycles. The number of amides is 2. The lowest BCUT2D eigenvalue weighted by atomic mass is 10.2. The first-order valence-electron chi connectivity index (χ1n) is 9.43. The highest BCUT2D eigenvalue weighted by Gasteiger charge is 2.25. The normalized spacial score (nSPS) is 14.0. The molecular weight excluding hydrogens is 392 g/mol. The van der Waals surface area contributed by atoms with Crippen LogP contribution >= 0.6 is 0 Å². The van der Waals surface area contributed by atoms with Gasteiger partial charge in [-0.25, -0.2) is 0 Å². The summed E-state index contributed by atoms with van der Waals surface area (Å²) in [5, 5.41) is 2.68. The van der Waals surface area contributed by atoms with Crippen molar-refractivity contribution in [2.24, 2.45) is 0 Å². The first-order chi connectivity index (χ1) is 14.6. The van der Waals surface area contributed by atoms with E-state index in [1.807, 2.05) is 12.1 Å². The minimum atomic E-state index is -0.565. The van der Waals surface area contributed by atoms with E-state index in [4.69, 9.17) is 18.9 Å². The van der Waals surface area contributed by atoms with Crippen LogP contribution in [0.5, 0.6) is 17.2 Å². The summed E-state index contributed by atoms with van der Waals surface area (Å²) in [6, 6.07) is 12.5. The third-order valence-corrected chi connectivity index (χ3v) is 4.64. The number of fused-ring (bicyclic) bond motifs is 2. The average molecular weight is 412 g/mol. The topological polar surface area (TPSA) is 103 Å². The number of carbonyl (C=O) groups is 3. The number of esters is 1. The van der Waals surface area contributed by atoms with Crippen molar-refractivity contribution in [3.8, 4) is 17.2 Å². The molecular formula is C21H20N2O7. The predicted molar refractivity (Wildman–Crippen MR) is 104 cm³/mol. The number of nitrogens with zero attached hydrogens (tertiary/aromatic N) is 1.